The topological polar surface area (TPSA) is 93.0 Å². The quantitative estimate of drug-likeness (QED) is 0.528. The van der Waals surface area contributed by atoms with E-state index >= 15 is 0 Å². The molecule has 0 radical (unpaired) electrons. The normalized spacial score (nSPS) is 21.6. The number of benzene rings is 1. The van der Waals surface area contributed by atoms with Crippen LogP contribution in [-0.2, 0) is 27.9 Å². The SMILES string of the molecule is CCNC(=NCc1cccc(NC(=O)C2CCCO2)c1)N1CCOC(c2cnn(C)c2)C1. The lowest BCUT2D eigenvalue weighted by Crippen LogP contribution is -2.48. The van der Waals surface area contributed by atoms with E-state index in [1.807, 2.05) is 43.7 Å². The van der Waals surface area contributed by atoms with Crippen LogP contribution in [0.15, 0.2) is 41.7 Å². The number of aryl methyl sites for hydroxylation is 1. The fourth-order valence-corrected chi connectivity index (χ4v) is 4.00. The van der Waals surface area contributed by atoms with Crippen molar-refractivity contribution >= 4 is 17.6 Å². The van der Waals surface area contributed by atoms with Crippen molar-refractivity contribution in [3.63, 3.8) is 0 Å². The zero-order valence-electron chi connectivity index (χ0n) is 18.8. The van der Waals surface area contributed by atoms with E-state index in [0.717, 1.165) is 55.2 Å². The van der Waals surface area contributed by atoms with Crippen LogP contribution in [0.4, 0.5) is 5.69 Å². The third-order valence-corrected chi connectivity index (χ3v) is 5.63. The summed E-state index contributed by atoms with van der Waals surface area (Å²) in [6.45, 7) is 6.15. The van der Waals surface area contributed by atoms with Gasteiger partial charge in [0.2, 0.25) is 0 Å². The van der Waals surface area contributed by atoms with Crippen molar-refractivity contribution in [2.75, 3.05) is 38.2 Å². The predicted octanol–water partition coefficient (Wildman–Crippen LogP) is 2.08. The molecule has 9 heteroatoms. The molecule has 2 aliphatic rings. The first-order valence-electron chi connectivity index (χ1n) is 11.3. The van der Waals surface area contributed by atoms with Gasteiger partial charge in [-0.2, -0.15) is 5.10 Å². The molecule has 2 fully saturated rings. The molecule has 1 aromatic carbocycles. The highest BCUT2D eigenvalue weighted by Crippen LogP contribution is 2.22. The van der Waals surface area contributed by atoms with Crippen molar-refractivity contribution in [1.82, 2.24) is 20.0 Å². The van der Waals surface area contributed by atoms with Crippen LogP contribution in [0.5, 0.6) is 0 Å². The lowest BCUT2D eigenvalue weighted by molar-refractivity contribution is -0.124. The first-order chi connectivity index (χ1) is 15.6. The van der Waals surface area contributed by atoms with E-state index in [2.05, 4.69) is 27.6 Å². The van der Waals surface area contributed by atoms with Gasteiger partial charge in [-0.05, 0) is 37.5 Å². The van der Waals surface area contributed by atoms with E-state index < -0.39 is 0 Å². The number of morpholine rings is 1. The number of hydrogen-bond donors (Lipinski definition) is 2. The molecule has 172 valence electrons. The predicted molar refractivity (Wildman–Crippen MR) is 122 cm³/mol. The summed E-state index contributed by atoms with van der Waals surface area (Å²) in [5, 5.41) is 10.6. The van der Waals surface area contributed by atoms with E-state index in [1.54, 1.807) is 4.68 Å². The molecule has 0 aliphatic carbocycles. The lowest BCUT2D eigenvalue weighted by atomic mass is 10.1. The Labute approximate surface area is 188 Å². The minimum atomic E-state index is -0.342. The fraction of sp³-hybridized carbons (Fsp3) is 0.522. The van der Waals surface area contributed by atoms with Crippen molar-refractivity contribution in [3.05, 3.63) is 47.8 Å². The molecule has 1 amide bonds. The largest absolute Gasteiger partial charge is 0.370 e. The Morgan fingerprint density at radius 1 is 1.31 bits per heavy atom. The van der Waals surface area contributed by atoms with Crippen LogP contribution < -0.4 is 10.6 Å². The van der Waals surface area contributed by atoms with Crippen LogP contribution >= 0.6 is 0 Å². The van der Waals surface area contributed by atoms with Gasteiger partial charge in [-0.1, -0.05) is 12.1 Å². The third-order valence-electron chi connectivity index (χ3n) is 5.63. The van der Waals surface area contributed by atoms with Crippen molar-refractivity contribution in [2.24, 2.45) is 12.0 Å². The molecule has 4 rings (SSSR count). The van der Waals surface area contributed by atoms with E-state index in [-0.39, 0.29) is 18.1 Å². The number of ether oxygens (including phenoxy) is 2. The minimum Gasteiger partial charge on any atom is -0.370 e. The number of carbonyl (C=O) groups is 1. The Bertz CT molecular complexity index is 937. The number of nitrogens with zero attached hydrogens (tertiary/aromatic N) is 4. The zero-order chi connectivity index (χ0) is 22.3. The van der Waals surface area contributed by atoms with Crippen molar-refractivity contribution in [3.8, 4) is 0 Å². The van der Waals surface area contributed by atoms with Gasteiger partial charge in [-0.15, -0.1) is 0 Å². The highest BCUT2D eigenvalue weighted by Gasteiger charge is 2.25. The first kappa shape index (κ1) is 22.3. The second-order valence-electron chi connectivity index (χ2n) is 8.11. The van der Waals surface area contributed by atoms with E-state index in [1.165, 1.54) is 0 Å². The molecule has 3 heterocycles. The summed E-state index contributed by atoms with van der Waals surface area (Å²) in [5.41, 5.74) is 2.87. The van der Waals surface area contributed by atoms with Crippen molar-refractivity contribution < 1.29 is 14.3 Å². The van der Waals surface area contributed by atoms with Crippen LogP contribution in [0, 0.1) is 0 Å². The molecule has 2 saturated heterocycles. The molecular formula is C23H32N6O3. The Morgan fingerprint density at radius 3 is 2.97 bits per heavy atom. The lowest BCUT2D eigenvalue weighted by Gasteiger charge is -2.34. The molecule has 0 saturated carbocycles. The van der Waals surface area contributed by atoms with Gasteiger partial charge in [-0.25, -0.2) is 4.99 Å². The average Bonchev–Trinajstić information content (AvgIpc) is 3.49. The van der Waals surface area contributed by atoms with E-state index in [0.29, 0.717) is 19.8 Å². The molecule has 2 unspecified atom stereocenters. The number of aliphatic imine (C=N–C) groups is 1. The maximum absolute atomic E-state index is 12.3. The molecule has 1 aromatic heterocycles. The van der Waals surface area contributed by atoms with Crippen LogP contribution in [-0.4, -0.2) is 65.5 Å². The highest BCUT2D eigenvalue weighted by atomic mass is 16.5. The number of nitrogens with one attached hydrogen (secondary N) is 2. The summed E-state index contributed by atoms with van der Waals surface area (Å²) in [4.78, 5) is 19.4. The van der Waals surface area contributed by atoms with Gasteiger partial charge in [0.15, 0.2) is 5.96 Å². The van der Waals surface area contributed by atoms with Crippen LogP contribution in [0.3, 0.4) is 0 Å². The van der Waals surface area contributed by atoms with Gasteiger partial charge in [0.1, 0.15) is 12.2 Å². The van der Waals surface area contributed by atoms with Crippen LogP contribution in [0.25, 0.3) is 0 Å². The van der Waals surface area contributed by atoms with Gasteiger partial charge < -0.3 is 25.0 Å². The highest BCUT2D eigenvalue weighted by molar-refractivity contribution is 5.94. The number of amides is 1. The average molecular weight is 441 g/mol. The summed E-state index contributed by atoms with van der Waals surface area (Å²) in [6.07, 6.45) is 5.19. The molecule has 2 aromatic rings. The number of hydrogen-bond acceptors (Lipinski definition) is 5. The summed E-state index contributed by atoms with van der Waals surface area (Å²) in [6, 6.07) is 7.83. The molecule has 2 N–H and O–H groups in total. The van der Waals surface area contributed by atoms with Gasteiger partial charge in [0.05, 0.1) is 25.9 Å². The molecule has 0 bridgehead atoms. The maximum atomic E-state index is 12.3. The third kappa shape index (κ3) is 5.66. The van der Waals surface area contributed by atoms with Crippen LogP contribution in [0.1, 0.15) is 37.0 Å². The van der Waals surface area contributed by atoms with E-state index in [4.69, 9.17) is 14.5 Å². The summed E-state index contributed by atoms with van der Waals surface area (Å²) in [5.74, 6) is 0.782. The molecule has 2 aliphatic heterocycles. The standard InChI is InChI=1S/C23H32N6O3/c1-3-24-23(29-9-11-32-21(16-29)18-14-26-28(2)15-18)25-13-17-6-4-7-19(12-17)27-22(30)20-8-5-10-31-20/h4,6-7,12,14-15,20-21H,3,5,8-11,13,16H2,1-2H3,(H,24,25)(H,27,30). The smallest absolute Gasteiger partial charge is 0.253 e. The Morgan fingerprint density at radius 2 is 2.22 bits per heavy atom. The zero-order valence-corrected chi connectivity index (χ0v) is 18.8. The fourth-order valence-electron chi connectivity index (χ4n) is 4.00. The maximum Gasteiger partial charge on any atom is 0.253 e. The molecule has 0 spiro atoms. The van der Waals surface area contributed by atoms with Gasteiger partial charge in [0.25, 0.3) is 5.91 Å². The second-order valence-corrected chi connectivity index (χ2v) is 8.11. The number of aromatic nitrogens is 2. The monoisotopic (exact) mass is 440 g/mol. The van der Waals surface area contributed by atoms with Crippen molar-refractivity contribution in [2.45, 2.75) is 38.5 Å². The van der Waals surface area contributed by atoms with Gasteiger partial charge in [-0.3, -0.25) is 9.48 Å². The molecular weight excluding hydrogens is 408 g/mol. The molecule has 9 nitrogen and oxygen atoms in total. The van der Waals surface area contributed by atoms with Gasteiger partial charge >= 0.3 is 0 Å². The summed E-state index contributed by atoms with van der Waals surface area (Å²) >= 11 is 0. The first-order valence-corrected chi connectivity index (χ1v) is 11.3. The number of carbonyl (C=O) groups excluding carboxylic acids is 1. The Balaban J connectivity index is 1.41. The minimum absolute atomic E-state index is 0.0300. The number of guanidine groups is 1. The Hall–Kier alpha value is -2.91. The Kier molecular flexibility index (Phi) is 7.39. The van der Waals surface area contributed by atoms with Crippen molar-refractivity contribution in [1.29, 1.82) is 0 Å². The van der Waals surface area contributed by atoms with E-state index in [9.17, 15) is 4.79 Å². The van der Waals surface area contributed by atoms with Crippen LogP contribution in [0.2, 0.25) is 0 Å². The van der Waals surface area contributed by atoms with Gasteiger partial charge in [0, 0.05) is 44.2 Å². The molecule has 32 heavy (non-hydrogen) atoms. The molecule has 2 atom stereocenters. The summed E-state index contributed by atoms with van der Waals surface area (Å²) < 4.78 is 13.2. The summed E-state index contributed by atoms with van der Waals surface area (Å²) in [7, 11) is 1.91. The number of anilines is 1. The number of rotatable bonds is 6. The second kappa shape index (κ2) is 10.6.